The molecular formula is C6H8AsCl3Zr. The van der Waals surface area contributed by atoms with Crippen LogP contribution in [0.4, 0.5) is 0 Å². The molecule has 1 unspecified atom stereocenters. The standard InChI is InChI=1S/C6H8As.3ClH.Zr/c1-5-3-7-4-6(5)2;;;;/h3,7H,1-2H3;3*1H;/q-1;;;;+4/p-3. The van der Waals surface area contributed by atoms with Crippen molar-refractivity contribution in [2.24, 2.45) is 0 Å². The van der Waals surface area contributed by atoms with Gasteiger partial charge in [0.05, 0.1) is 0 Å². The largest absolute Gasteiger partial charge is 4.00 e. The number of hydrogen-bond donors (Lipinski definition) is 0. The van der Waals surface area contributed by atoms with Crippen LogP contribution in [0.15, 0.2) is 16.0 Å². The van der Waals surface area contributed by atoms with Gasteiger partial charge in [0.25, 0.3) is 0 Å². The molecular weight excluding hydrogens is 345 g/mol. The summed E-state index contributed by atoms with van der Waals surface area (Å²) >= 11 is 0.102. The molecule has 0 nitrogen and oxygen atoms in total. The van der Waals surface area contributed by atoms with Crippen LogP contribution >= 0.6 is 0 Å². The molecule has 0 bridgehead atoms. The average molecular weight is 353 g/mol. The fourth-order valence-electron chi connectivity index (χ4n) is 0.459. The van der Waals surface area contributed by atoms with Crippen molar-refractivity contribution in [3.63, 3.8) is 0 Å². The molecule has 1 atom stereocenters. The molecule has 0 aromatic carbocycles. The normalized spacial score (nSPS) is 14.4. The van der Waals surface area contributed by atoms with Gasteiger partial charge in [0, 0.05) is 0 Å². The van der Waals surface area contributed by atoms with E-state index in [4.69, 9.17) is 0 Å². The molecule has 0 fully saturated rings. The Morgan fingerprint density at radius 2 is 1.64 bits per heavy atom. The van der Waals surface area contributed by atoms with Gasteiger partial charge in [-0.15, -0.1) is 0 Å². The van der Waals surface area contributed by atoms with Crippen LogP contribution in [-0.2, 0) is 26.2 Å². The first-order chi connectivity index (χ1) is 3.30. The second-order valence-corrected chi connectivity index (χ2v) is 3.46. The minimum Gasteiger partial charge on any atom is -1.00 e. The summed E-state index contributed by atoms with van der Waals surface area (Å²) in [5.41, 5.74) is 2.82. The maximum Gasteiger partial charge on any atom is 4.00 e. The Morgan fingerprint density at radius 1 is 1.18 bits per heavy atom. The fraction of sp³-hybridized carbons (Fsp3) is 0.333. The first kappa shape index (κ1) is 23.0. The summed E-state index contributed by atoms with van der Waals surface area (Å²) in [6, 6.07) is 0. The molecule has 0 amide bonds. The van der Waals surface area contributed by atoms with Gasteiger partial charge in [-0.25, -0.2) is 0 Å². The number of allylic oxidation sites excluding steroid dienone is 2. The second kappa shape index (κ2) is 11.8. The third-order valence-electron chi connectivity index (χ3n) is 1.14. The molecule has 0 spiro atoms. The summed E-state index contributed by atoms with van der Waals surface area (Å²) in [6.45, 7) is 4.28. The summed E-state index contributed by atoms with van der Waals surface area (Å²) in [6.07, 6.45) is 0. The first-order valence-electron chi connectivity index (χ1n) is 2.33. The number of rotatable bonds is 0. The van der Waals surface area contributed by atoms with Crippen molar-refractivity contribution in [2.75, 3.05) is 0 Å². The van der Waals surface area contributed by atoms with E-state index >= 15 is 0 Å². The van der Waals surface area contributed by atoms with E-state index in [1.807, 2.05) is 0 Å². The molecule has 0 aromatic heterocycles. The third-order valence-corrected chi connectivity index (χ3v) is 3.44. The molecule has 11 heavy (non-hydrogen) atoms. The molecule has 0 saturated carbocycles. The van der Waals surface area contributed by atoms with Crippen molar-refractivity contribution in [3.8, 4) is 0 Å². The van der Waals surface area contributed by atoms with Crippen molar-refractivity contribution in [1.29, 1.82) is 0 Å². The summed E-state index contributed by atoms with van der Waals surface area (Å²) in [5.74, 6) is 0. The summed E-state index contributed by atoms with van der Waals surface area (Å²) < 4.78 is 0. The summed E-state index contributed by atoms with van der Waals surface area (Å²) in [4.78, 5) is 5.63. The van der Waals surface area contributed by atoms with E-state index in [-0.39, 0.29) is 79.2 Å². The molecule has 0 radical (unpaired) electrons. The van der Waals surface area contributed by atoms with Gasteiger partial charge in [0.2, 0.25) is 0 Å². The molecule has 1 heterocycles. The first-order valence-corrected chi connectivity index (χ1v) is 4.59. The molecule has 1 aliphatic rings. The Morgan fingerprint density at radius 3 is 1.73 bits per heavy atom. The van der Waals surface area contributed by atoms with Crippen LogP contribution < -0.4 is 37.2 Å². The van der Waals surface area contributed by atoms with Crippen molar-refractivity contribution in [1.82, 2.24) is 0 Å². The zero-order valence-electron chi connectivity index (χ0n) is 6.21. The van der Waals surface area contributed by atoms with E-state index in [0.717, 1.165) is 0 Å². The quantitative estimate of drug-likeness (QED) is 0.300. The molecule has 62 valence electrons. The Labute approximate surface area is 113 Å². The van der Waals surface area contributed by atoms with Crippen LogP contribution in [0.5, 0.6) is 0 Å². The maximum atomic E-state index is 3.32. The maximum absolute atomic E-state index is 3.32. The van der Waals surface area contributed by atoms with E-state index in [2.05, 4.69) is 23.6 Å². The fourth-order valence-corrected chi connectivity index (χ4v) is 2.39. The molecule has 0 aliphatic carbocycles. The van der Waals surface area contributed by atoms with E-state index < -0.39 is 0 Å². The van der Waals surface area contributed by atoms with E-state index in [1.54, 1.807) is 0 Å². The van der Waals surface area contributed by atoms with Gasteiger partial charge in [0.15, 0.2) is 0 Å². The predicted octanol–water partition coefficient (Wildman–Crippen LogP) is -7.94. The minimum atomic E-state index is 0. The van der Waals surface area contributed by atoms with Crippen molar-refractivity contribution < 1.29 is 63.4 Å². The summed E-state index contributed by atoms with van der Waals surface area (Å²) in [7, 11) is 0. The zero-order valence-corrected chi connectivity index (χ0v) is 13.0. The molecule has 5 heteroatoms. The monoisotopic (exact) mass is 350 g/mol. The molecule has 0 N–H and O–H groups in total. The van der Waals surface area contributed by atoms with E-state index in [0.29, 0.717) is 0 Å². The Kier molecular flexibility index (Phi) is 24.7. The van der Waals surface area contributed by atoms with Crippen LogP contribution in [-0.4, -0.2) is 15.8 Å². The predicted molar refractivity (Wildman–Crippen MR) is 33.3 cm³/mol. The topological polar surface area (TPSA) is 0 Å². The van der Waals surface area contributed by atoms with Crippen LogP contribution in [0.3, 0.4) is 0 Å². The van der Waals surface area contributed by atoms with E-state index in [1.165, 1.54) is 11.1 Å². The van der Waals surface area contributed by atoms with Crippen LogP contribution in [0, 0.1) is 4.86 Å². The zero-order chi connectivity index (χ0) is 5.28. The van der Waals surface area contributed by atoms with Crippen LogP contribution in [0.25, 0.3) is 0 Å². The SMILES string of the molecule is CC1=[C-][AsH]C=C1C.[Cl-].[Cl-].[Cl-].[Zr+4]. The Hall–Kier alpha value is 1.79. The van der Waals surface area contributed by atoms with Gasteiger partial charge in [-0.3, -0.25) is 0 Å². The van der Waals surface area contributed by atoms with Crippen molar-refractivity contribution >= 4 is 15.8 Å². The van der Waals surface area contributed by atoms with Crippen LogP contribution in [0.1, 0.15) is 13.8 Å². The van der Waals surface area contributed by atoms with Gasteiger partial charge in [0.1, 0.15) is 0 Å². The van der Waals surface area contributed by atoms with Gasteiger partial charge >= 0.3 is 76.7 Å². The number of hydrogen-bond acceptors (Lipinski definition) is 0. The van der Waals surface area contributed by atoms with Gasteiger partial charge in [-0.2, -0.15) is 0 Å². The smallest absolute Gasteiger partial charge is 1.00 e. The number of halogens is 3. The van der Waals surface area contributed by atoms with Crippen LogP contribution in [0.2, 0.25) is 0 Å². The third kappa shape index (κ3) is 8.13. The van der Waals surface area contributed by atoms with Crippen molar-refractivity contribution in [2.45, 2.75) is 13.8 Å². The molecule has 1 rings (SSSR count). The molecule has 1 aliphatic heterocycles. The van der Waals surface area contributed by atoms with Gasteiger partial charge < -0.3 is 37.2 Å². The minimum absolute atomic E-state index is 0. The van der Waals surface area contributed by atoms with Crippen molar-refractivity contribution in [3.05, 3.63) is 20.9 Å². The Bertz CT molecular complexity index is 129. The average Bonchev–Trinajstić information content (AvgIpc) is 1.91. The molecule has 0 saturated heterocycles. The van der Waals surface area contributed by atoms with Gasteiger partial charge in [-0.1, -0.05) is 0 Å². The van der Waals surface area contributed by atoms with E-state index in [9.17, 15) is 0 Å². The Balaban J connectivity index is -0.0000000612. The summed E-state index contributed by atoms with van der Waals surface area (Å²) in [5, 5.41) is 0. The van der Waals surface area contributed by atoms with Gasteiger partial charge in [-0.05, 0) is 0 Å². The second-order valence-electron chi connectivity index (χ2n) is 1.72. The molecule has 0 aromatic rings.